The molecule has 6 nitrogen and oxygen atoms in total. The molecule has 2 fully saturated rings. The molecule has 2 unspecified atom stereocenters. The van der Waals surface area contributed by atoms with E-state index in [2.05, 4.69) is 10.2 Å². The molecule has 0 bridgehead atoms. The predicted molar refractivity (Wildman–Crippen MR) is 67.4 cm³/mol. The minimum Gasteiger partial charge on any atom is -0.374 e. The number of nitrogens with two attached hydrogens (primary N) is 1. The highest BCUT2D eigenvalue weighted by molar-refractivity contribution is 7.16. The molecule has 2 aliphatic rings. The predicted octanol–water partition coefficient (Wildman–Crippen LogP) is 0.904. The molecule has 1 aliphatic heterocycles. The first kappa shape index (κ1) is 11.9. The quantitative estimate of drug-likeness (QED) is 0.818. The Kier molecular flexibility index (Phi) is 3.17. The van der Waals surface area contributed by atoms with E-state index < -0.39 is 0 Å². The zero-order chi connectivity index (χ0) is 12.5. The molecular weight excluding hydrogens is 252 g/mol. The molecule has 18 heavy (non-hydrogen) atoms. The number of hydrogen-bond donors (Lipinski definition) is 1. The number of carbonyl (C=O) groups excluding carboxylic acids is 1. The lowest BCUT2D eigenvalue weighted by atomic mass is 9.90. The number of amides is 1. The zero-order valence-electron chi connectivity index (χ0n) is 10.0. The minimum absolute atomic E-state index is 0.0515. The van der Waals surface area contributed by atoms with Crippen molar-refractivity contribution in [2.45, 2.75) is 37.8 Å². The van der Waals surface area contributed by atoms with Crippen LogP contribution in [0.1, 0.15) is 35.5 Å². The monoisotopic (exact) mass is 268 g/mol. The van der Waals surface area contributed by atoms with Gasteiger partial charge in [-0.1, -0.05) is 24.2 Å². The molecule has 1 saturated heterocycles. The fourth-order valence-electron chi connectivity index (χ4n) is 2.79. The molecule has 2 atom stereocenters. The largest absolute Gasteiger partial charge is 0.374 e. The molecule has 0 aromatic carbocycles. The standard InChI is InChI=1S/C11H16N4O2S/c12-11-14-13-9(18-11)10(16)15-5-6-17-8-4-2-1-3-7(8)15/h7-8H,1-6H2,(H2,12,14). The number of rotatable bonds is 1. The molecule has 2 heterocycles. The van der Waals surface area contributed by atoms with Gasteiger partial charge >= 0.3 is 0 Å². The van der Waals surface area contributed by atoms with Gasteiger partial charge in [-0.25, -0.2) is 0 Å². The minimum atomic E-state index is -0.0515. The molecule has 0 spiro atoms. The van der Waals surface area contributed by atoms with Crippen molar-refractivity contribution in [3.8, 4) is 0 Å². The number of nitrogen functional groups attached to an aromatic ring is 1. The molecule has 98 valence electrons. The van der Waals surface area contributed by atoms with E-state index in [1.165, 1.54) is 6.42 Å². The van der Waals surface area contributed by atoms with E-state index in [0.29, 0.717) is 23.3 Å². The third-order valence-electron chi connectivity index (χ3n) is 3.62. The van der Waals surface area contributed by atoms with E-state index in [-0.39, 0.29) is 18.1 Å². The summed E-state index contributed by atoms with van der Waals surface area (Å²) in [5.41, 5.74) is 5.53. The van der Waals surface area contributed by atoms with Crippen LogP contribution in [0.15, 0.2) is 0 Å². The van der Waals surface area contributed by atoms with Gasteiger partial charge in [0.25, 0.3) is 5.91 Å². The van der Waals surface area contributed by atoms with Crippen LogP contribution >= 0.6 is 11.3 Å². The molecule has 2 N–H and O–H groups in total. The molecule has 0 radical (unpaired) electrons. The van der Waals surface area contributed by atoms with E-state index in [0.717, 1.165) is 30.6 Å². The lowest BCUT2D eigenvalue weighted by molar-refractivity contribution is -0.0753. The van der Waals surface area contributed by atoms with Crippen LogP contribution in [0, 0.1) is 0 Å². The summed E-state index contributed by atoms with van der Waals surface area (Å²) in [6.07, 6.45) is 4.61. The number of anilines is 1. The number of carbonyl (C=O) groups is 1. The first-order chi connectivity index (χ1) is 8.75. The number of morpholine rings is 1. The van der Waals surface area contributed by atoms with Gasteiger partial charge < -0.3 is 15.4 Å². The molecule has 1 aliphatic carbocycles. The fourth-order valence-corrected chi connectivity index (χ4v) is 3.36. The molecule has 1 saturated carbocycles. The maximum atomic E-state index is 12.4. The summed E-state index contributed by atoms with van der Waals surface area (Å²) in [7, 11) is 0. The molecule has 1 aromatic heterocycles. The topological polar surface area (TPSA) is 81.3 Å². The van der Waals surface area contributed by atoms with Gasteiger partial charge in [0.15, 0.2) is 0 Å². The third-order valence-corrected chi connectivity index (χ3v) is 4.36. The maximum absolute atomic E-state index is 12.4. The van der Waals surface area contributed by atoms with Gasteiger partial charge in [-0.3, -0.25) is 4.79 Å². The zero-order valence-corrected chi connectivity index (χ0v) is 10.9. The normalized spacial score (nSPS) is 27.9. The highest BCUT2D eigenvalue weighted by atomic mass is 32.1. The van der Waals surface area contributed by atoms with Gasteiger partial charge in [-0.2, -0.15) is 0 Å². The van der Waals surface area contributed by atoms with Crippen molar-refractivity contribution in [2.75, 3.05) is 18.9 Å². The fraction of sp³-hybridized carbons (Fsp3) is 0.727. The second-order valence-electron chi connectivity index (χ2n) is 4.71. The Morgan fingerprint density at radius 3 is 3.00 bits per heavy atom. The van der Waals surface area contributed by atoms with Gasteiger partial charge in [-0.05, 0) is 12.8 Å². The Hall–Kier alpha value is -1.21. The Labute approximate surface area is 109 Å². The summed E-state index contributed by atoms with van der Waals surface area (Å²) >= 11 is 1.15. The summed E-state index contributed by atoms with van der Waals surface area (Å²) < 4.78 is 5.75. The Morgan fingerprint density at radius 1 is 1.39 bits per heavy atom. The summed E-state index contributed by atoms with van der Waals surface area (Å²) in [5, 5.41) is 8.27. The van der Waals surface area contributed by atoms with E-state index in [1.54, 1.807) is 0 Å². The van der Waals surface area contributed by atoms with Crippen molar-refractivity contribution in [2.24, 2.45) is 0 Å². The maximum Gasteiger partial charge on any atom is 0.285 e. The highest BCUT2D eigenvalue weighted by Crippen LogP contribution is 2.29. The Balaban J connectivity index is 1.79. The average molecular weight is 268 g/mol. The second-order valence-corrected chi connectivity index (χ2v) is 5.71. The van der Waals surface area contributed by atoms with Crippen LogP contribution < -0.4 is 5.73 Å². The van der Waals surface area contributed by atoms with Crippen molar-refractivity contribution in [3.63, 3.8) is 0 Å². The summed E-state index contributed by atoms with van der Waals surface area (Å²) in [4.78, 5) is 14.3. The number of fused-ring (bicyclic) bond motifs is 1. The summed E-state index contributed by atoms with van der Waals surface area (Å²) in [5.74, 6) is -0.0515. The smallest absolute Gasteiger partial charge is 0.285 e. The van der Waals surface area contributed by atoms with Crippen LogP contribution in [-0.2, 0) is 4.74 Å². The van der Waals surface area contributed by atoms with Crippen molar-refractivity contribution < 1.29 is 9.53 Å². The SMILES string of the molecule is Nc1nnc(C(=O)N2CCOC3CCCCC32)s1. The number of aromatic nitrogens is 2. The van der Waals surface area contributed by atoms with Crippen LogP contribution in [0.3, 0.4) is 0 Å². The Bertz CT molecular complexity index is 448. The summed E-state index contributed by atoms with van der Waals surface area (Å²) in [6, 6.07) is 0.199. The average Bonchev–Trinajstić information content (AvgIpc) is 2.84. The van der Waals surface area contributed by atoms with Gasteiger partial charge in [-0.15, -0.1) is 10.2 Å². The van der Waals surface area contributed by atoms with Crippen LogP contribution in [0.2, 0.25) is 0 Å². The molecule has 1 amide bonds. The third kappa shape index (κ3) is 2.08. The molecule has 7 heteroatoms. The van der Waals surface area contributed by atoms with Crippen molar-refractivity contribution in [3.05, 3.63) is 5.01 Å². The van der Waals surface area contributed by atoms with Crippen LogP contribution in [0.4, 0.5) is 5.13 Å². The lowest BCUT2D eigenvalue weighted by Gasteiger charge is -2.43. The van der Waals surface area contributed by atoms with Gasteiger partial charge in [0.05, 0.1) is 18.8 Å². The van der Waals surface area contributed by atoms with Crippen LogP contribution in [-0.4, -0.2) is 46.3 Å². The van der Waals surface area contributed by atoms with Gasteiger partial charge in [0.2, 0.25) is 10.1 Å². The van der Waals surface area contributed by atoms with E-state index in [4.69, 9.17) is 10.5 Å². The van der Waals surface area contributed by atoms with Crippen LogP contribution in [0.5, 0.6) is 0 Å². The number of nitrogens with zero attached hydrogens (tertiary/aromatic N) is 3. The highest BCUT2D eigenvalue weighted by Gasteiger charge is 2.37. The van der Waals surface area contributed by atoms with E-state index in [1.807, 2.05) is 4.90 Å². The van der Waals surface area contributed by atoms with Crippen LogP contribution in [0.25, 0.3) is 0 Å². The summed E-state index contributed by atoms with van der Waals surface area (Å²) in [6.45, 7) is 1.25. The van der Waals surface area contributed by atoms with Crippen molar-refractivity contribution in [1.82, 2.24) is 15.1 Å². The Morgan fingerprint density at radius 2 is 2.22 bits per heavy atom. The second kappa shape index (κ2) is 4.81. The van der Waals surface area contributed by atoms with Gasteiger partial charge in [0, 0.05) is 6.54 Å². The molecular formula is C11H16N4O2S. The van der Waals surface area contributed by atoms with Crippen molar-refractivity contribution >= 4 is 22.4 Å². The first-order valence-electron chi connectivity index (χ1n) is 6.27. The number of hydrogen-bond acceptors (Lipinski definition) is 6. The molecule has 1 aromatic rings. The van der Waals surface area contributed by atoms with E-state index in [9.17, 15) is 4.79 Å². The lowest BCUT2D eigenvalue weighted by Crippen LogP contribution is -2.54. The molecule has 3 rings (SSSR count). The number of ether oxygens (including phenoxy) is 1. The van der Waals surface area contributed by atoms with E-state index >= 15 is 0 Å². The van der Waals surface area contributed by atoms with Crippen molar-refractivity contribution in [1.29, 1.82) is 0 Å². The first-order valence-corrected chi connectivity index (χ1v) is 7.09. The van der Waals surface area contributed by atoms with Gasteiger partial charge in [0.1, 0.15) is 0 Å².